The van der Waals surface area contributed by atoms with E-state index in [1.54, 1.807) is 11.7 Å². The van der Waals surface area contributed by atoms with Crippen LogP contribution in [0.1, 0.15) is 40.9 Å². The molecule has 0 radical (unpaired) electrons. The fourth-order valence-corrected chi connectivity index (χ4v) is 4.44. The molecule has 0 aliphatic rings. The van der Waals surface area contributed by atoms with Gasteiger partial charge in [0, 0.05) is 41.7 Å². The second-order valence-corrected chi connectivity index (χ2v) is 9.36. The van der Waals surface area contributed by atoms with Crippen LogP contribution in [0.25, 0.3) is 16.7 Å². The highest BCUT2D eigenvalue weighted by Crippen LogP contribution is 2.25. The lowest BCUT2D eigenvalue weighted by Gasteiger charge is -2.22. The quantitative estimate of drug-likeness (QED) is 0.189. The van der Waals surface area contributed by atoms with Crippen LogP contribution in [-0.4, -0.2) is 44.0 Å². The van der Waals surface area contributed by atoms with Gasteiger partial charge in [-0.1, -0.05) is 6.07 Å². The second kappa shape index (κ2) is 10.9. The molecule has 196 valence electrons. The summed E-state index contributed by atoms with van der Waals surface area (Å²) in [4.78, 5) is 27.2. The average molecular weight is 532 g/mol. The van der Waals surface area contributed by atoms with E-state index in [4.69, 9.17) is 12.2 Å². The molecule has 0 fully saturated rings. The zero-order chi connectivity index (χ0) is 27.6. The van der Waals surface area contributed by atoms with Gasteiger partial charge in [0.1, 0.15) is 11.0 Å². The molecule has 1 heterocycles. The van der Waals surface area contributed by atoms with Gasteiger partial charge in [0.25, 0.3) is 11.6 Å². The average Bonchev–Trinajstić information content (AvgIpc) is 3.27. The molecule has 1 aromatic heterocycles. The first kappa shape index (κ1) is 26.7. The molecule has 10 nitrogen and oxygen atoms in total. The Bertz CT molecular complexity index is 1560. The van der Waals surface area contributed by atoms with Gasteiger partial charge >= 0.3 is 0 Å². The molecule has 0 saturated heterocycles. The normalized spacial score (nSPS) is 10.9. The van der Waals surface area contributed by atoms with E-state index in [-0.39, 0.29) is 16.4 Å². The largest absolute Gasteiger partial charge is 0.372 e. The minimum atomic E-state index is -0.543. The molecule has 4 rings (SSSR count). The molecule has 2 N–H and O–H groups in total. The number of nitrogens with zero attached hydrogens (tertiary/aromatic N) is 5. The maximum atomic E-state index is 12.6. The van der Waals surface area contributed by atoms with Crippen LogP contribution in [0.5, 0.6) is 0 Å². The van der Waals surface area contributed by atoms with E-state index in [0.717, 1.165) is 41.1 Å². The summed E-state index contributed by atoms with van der Waals surface area (Å²) in [6, 6.07) is 14.2. The summed E-state index contributed by atoms with van der Waals surface area (Å²) in [5.74, 6) is -0.543. The minimum Gasteiger partial charge on any atom is -0.372 e. The number of amides is 1. The van der Waals surface area contributed by atoms with Crippen LogP contribution in [0.4, 0.5) is 17.1 Å². The van der Waals surface area contributed by atoms with Crippen molar-refractivity contribution in [2.24, 2.45) is 0 Å². The summed E-state index contributed by atoms with van der Waals surface area (Å²) >= 11 is 5.33. The Hall–Kier alpha value is -4.38. The van der Waals surface area contributed by atoms with E-state index in [0.29, 0.717) is 16.8 Å². The van der Waals surface area contributed by atoms with E-state index in [1.807, 2.05) is 32.0 Å². The number of nitro benzene ring substituents is 1. The minimum absolute atomic E-state index is 0.0657. The highest BCUT2D eigenvalue weighted by molar-refractivity contribution is 7.80. The molecule has 0 atom stereocenters. The molecule has 3 aromatic carbocycles. The molecule has 0 aliphatic heterocycles. The number of aromatic nitrogens is 3. The molecule has 11 heteroatoms. The number of anilines is 2. The van der Waals surface area contributed by atoms with Gasteiger partial charge in [-0.2, -0.15) is 4.80 Å². The number of rotatable bonds is 7. The van der Waals surface area contributed by atoms with Gasteiger partial charge in [0.15, 0.2) is 5.11 Å². The Morgan fingerprint density at radius 3 is 2.29 bits per heavy atom. The molecule has 0 unspecified atom stereocenters. The first-order valence-corrected chi connectivity index (χ1v) is 12.6. The molecular weight excluding hydrogens is 502 g/mol. The van der Waals surface area contributed by atoms with E-state index in [9.17, 15) is 14.9 Å². The summed E-state index contributed by atoms with van der Waals surface area (Å²) in [5.41, 5.74) is 6.51. The van der Waals surface area contributed by atoms with Gasteiger partial charge in [-0.05, 0) is 94.4 Å². The van der Waals surface area contributed by atoms with Crippen molar-refractivity contribution in [3.8, 4) is 5.69 Å². The lowest BCUT2D eigenvalue weighted by Crippen LogP contribution is -2.34. The van der Waals surface area contributed by atoms with Gasteiger partial charge < -0.3 is 10.2 Å². The number of thiocarbonyl (C=S) groups is 1. The van der Waals surface area contributed by atoms with Crippen LogP contribution < -0.4 is 15.5 Å². The monoisotopic (exact) mass is 531 g/mol. The number of hydrogen-bond acceptors (Lipinski definition) is 7. The second-order valence-electron chi connectivity index (χ2n) is 8.95. The van der Waals surface area contributed by atoms with Gasteiger partial charge in [-0.15, -0.1) is 10.2 Å². The fourth-order valence-electron chi connectivity index (χ4n) is 4.24. The predicted molar refractivity (Wildman–Crippen MR) is 153 cm³/mol. The summed E-state index contributed by atoms with van der Waals surface area (Å²) in [5, 5.41) is 26.2. The third-order valence-electron chi connectivity index (χ3n) is 6.39. The Morgan fingerprint density at radius 1 is 0.974 bits per heavy atom. The topological polar surface area (TPSA) is 118 Å². The summed E-state index contributed by atoms with van der Waals surface area (Å²) in [6.07, 6.45) is 0. The Balaban J connectivity index is 1.53. The Morgan fingerprint density at radius 2 is 1.66 bits per heavy atom. The van der Waals surface area contributed by atoms with Gasteiger partial charge in [-0.3, -0.25) is 20.2 Å². The first-order chi connectivity index (χ1) is 18.1. The van der Waals surface area contributed by atoms with Gasteiger partial charge in [0.05, 0.1) is 10.6 Å². The fraction of sp³-hybridized carbons (Fsp3) is 0.259. The molecule has 4 aromatic rings. The van der Waals surface area contributed by atoms with Crippen molar-refractivity contribution in [2.75, 3.05) is 23.3 Å². The Labute approximate surface area is 225 Å². The smallest absolute Gasteiger partial charge is 0.273 e. The van der Waals surface area contributed by atoms with Crippen LogP contribution in [0.2, 0.25) is 0 Å². The maximum Gasteiger partial charge on any atom is 0.273 e. The van der Waals surface area contributed by atoms with Crippen LogP contribution in [-0.2, 0) is 0 Å². The SMILES string of the molecule is CCN(CC)c1ccc(-n2nc3cc(C)c(NC(=S)NC(=O)c4ccc(C)c([N+](=O)[O-])c4)cc3n2)c(C)c1. The maximum absolute atomic E-state index is 12.6. The zero-order valence-electron chi connectivity index (χ0n) is 21.9. The van der Waals surface area contributed by atoms with E-state index >= 15 is 0 Å². The van der Waals surface area contributed by atoms with Crippen molar-refractivity contribution >= 4 is 51.3 Å². The summed E-state index contributed by atoms with van der Waals surface area (Å²) in [7, 11) is 0. The van der Waals surface area contributed by atoms with E-state index in [1.165, 1.54) is 18.2 Å². The summed E-state index contributed by atoms with van der Waals surface area (Å²) in [6.45, 7) is 11.7. The lowest BCUT2D eigenvalue weighted by molar-refractivity contribution is -0.385. The van der Waals surface area contributed by atoms with Gasteiger partial charge in [0.2, 0.25) is 0 Å². The third-order valence-corrected chi connectivity index (χ3v) is 6.60. The van der Waals surface area contributed by atoms with Crippen molar-refractivity contribution < 1.29 is 9.72 Å². The molecular formula is C27H29N7O3S. The van der Waals surface area contributed by atoms with Crippen LogP contribution in [0.15, 0.2) is 48.5 Å². The summed E-state index contributed by atoms with van der Waals surface area (Å²) < 4.78 is 0. The van der Waals surface area contributed by atoms with E-state index in [2.05, 4.69) is 51.7 Å². The molecule has 1 amide bonds. The van der Waals surface area contributed by atoms with Crippen molar-refractivity contribution in [1.82, 2.24) is 20.3 Å². The van der Waals surface area contributed by atoms with Crippen LogP contribution in [0, 0.1) is 30.9 Å². The van der Waals surface area contributed by atoms with Crippen LogP contribution in [0.3, 0.4) is 0 Å². The molecule has 0 bridgehead atoms. The highest BCUT2D eigenvalue weighted by atomic mass is 32.1. The molecule has 38 heavy (non-hydrogen) atoms. The number of carbonyl (C=O) groups excluding carboxylic acids is 1. The predicted octanol–water partition coefficient (Wildman–Crippen LogP) is 5.23. The van der Waals surface area contributed by atoms with E-state index < -0.39 is 10.8 Å². The Kier molecular flexibility index (Phi) is 7.67. The number of fused-ring (bicyclic) bond motifs is 1. The number of benzene rings is 3. The zero-order valence-corrected chi connectivity index (χ0v) is 22.7. The number of carbonyl (C=O) groups is 1. The molecule has 0 saturated carbocycles. The number of hydrogen-bond donors (Lipinski definition) is 2. The number of nitro groups is 1. The van der Waals surface area contributed by atoms with Crippen molar-refractivity contribution in [1.29, 1.82) is 0 Å². The standard InChI is InChI=1S/C27H29N7O3S/c1-6-32(7-2)20-10-11-24(18(5)12-20)33-30-22-13-17(4)21(15-23(22)31-33)28-27(38)29-26(35)19-9-8-16(3)25(14-19)34(36)37/h8-15H,6-7H2,1-5H3,(H2,28,29,35,38). The first-order valence-electron chi connectivity index (χ1n) is 12.2. The van der Waals surface area contributed by atoms with Crippen molar-refractivity contribution in [3.63, 3.8) is 0 Å². The third kappa shape index (κ3) is 5.47. The lowest BCUT2D eigenvalue weighted by atomic mass is 10.1. The molecule has 0 spiro atoms. The molecule has 0 aliphatic carbocycles. The number of aryl methyl sites for hydroxylation is 3. The van der Waals surface area contributed by atoms with Crippen molar-refractivity contribution in [2.45, 2.75) is 34.6 Å². The highest BCUT2D eigenvalue weighted by Gasteiger charge is 2.17. The van der Waals surface area contributed by atoms with Crippen LogP contribution >= 0.6 is 12.2 Å². The number of nitrogens with one attached hydrogen (secondary N) is 2. The van der Waals surface area contributed by atoms with Crippen molar-refractivity contribution in [3.05, 3.63) is 80.9 Å². The van der Waals surface area contributed by atoms with Gasteiger partial charge in [-0.25, -0.2) is 0 Å².